The number of sulfonamides is 1. The summed E-state index contributed by atoms with van der Waals surface area (Å²) in [6, 6.07) is 5.73. The molecule has 0 saturated heterocycles. The summed E-state index contributed by atoms with van der Waals surface area (Å²) >= 11 is 0. The van der Waals surface area contributed by atoms with Crippen molar-refractivity contribution < 1.29 is 13.2 Å². The van der Waals surface area contributed by atoms with Crippen molar-refractivity contribution in [3.05, 3.63) is 40.8 Å². The van der Waals surface area contributed by atoms with Crippen molar-refractivity contribution in [2.24, 2.45) is 0 Å². The molecule has 0 fully saturated rings. The lowest BCUT2D eigenvalue weighted by Crippen LogP contribution is -2.36. The number of nitrogens with one attached hydrogen (secondary N) is 3. The molecule has 4 rings (SSSR count). The Balaban J connectivity index is 1.62. The first-order chi connectivity index (χ1) is 11.9. The van der Waals surface area contributed by atoms with E-state index >= 15 is 0 Å². The zero-order chi connectivity index (χ0) is 17.8. The molecule has 8 heteroatoms. The molecule has 1 unspecified atom stereocenters. The average Bonchev–Trinajstić information content (AvgIpc) is 3.19. The zero-order valence-electron chi connectivity index (χ0n) is 14.3. The van der Waals surface area contributed by atoms with Crippen molar-refractivity contribution in [3.63, 3.8) is 0 Å². The molecule has 2 aromatic heterocycles. The third-order valence-corrected chi connectivity index (χ3v) is 6.54. The van der Waals surface area contributed by atoms with Gasteiger partial charge >= 0.3 is 0 Å². The van der Waals surface area contributed by atoms with E-state index in [1.54, 1.807) is 21.0 Å². The van der Waals surface area contributed by atoms with E-state index in [-0.39, 0.29) is 10.9 Å². The van der Waals surface area contributed by atoms with Crippen LogP contribution in [0.15, 0.2) is 23.1 Å². The molecule has 1 aromatic carbocycles. The Bertz CT molecular complexity index is 1050. The number of methoxy groups -OCH3 is 1. The molecule has 25 heavy (non-hydrogen) atoms. The van der Waals surface area contributed by atoms with Crippen LogP contribution in [0.25, 0.3) is 10.9 Å². The van der Waals surface area contributed by atoms with Crippen LogP contribution in [0, 0.1) is 13.8 Å². The van der Waals surface area contributed by atoms with Gasteiger partial charge in [0.25, 0.3) is 0 Å². The second kappa shape index (κ2) is 5.60. The summed E-state index contributed by atoms with van der Waals surface area (Å²) in [5.74, 6) is 0.794. The van der Waals surface area contributed by atoms with Crippen molar-refractivity contribution in [1.29, 1.82) is 0 Å². The van der Waals surface area contributed by atoms with Crippen molar-refractivity contribution >= 4 is 20.9 Å². The monoisotopic (exact) mass is 360 g/mol. The molecule has 2 heterocycles. The van der Waals surface area contributed by atoms with Gasteiger partial charge < -0.3 is 9.72 Å². The first-order valence-corrected chi connectivity index (χ1v) is 9.58. The summed E-state index contributed by atoms with van der Waals surface area (Å²) in [5, 5.41) is 7.80. The molecule has 0 saturated carbocycles. The minimum Gasteiger partial charge on any atom is -0.497 e. The summed E-state index contributed by atoms with van der Waals surface area (Å²) in [5.41, 5.74) is 4.32. The molecule has 3 N–H and O–H groups in total. The maximum absolute atomic E-state index is 12.7. The largest absolute Gasteiger partial charge is 0.497 e. The van der Waals surface area contributed by atoms with Crippen LogP contribution in [-0.2, 0) is 22.9 Å². The Hall–Kier alpha value is -2.32. The number of aryl methyl sites for hydroxylation is 2. The summed E-state index contributed by atoms with van der Waals surface area (Å²) in [4.78, 5) is 3.64. The van der Waals surface area contributed by atoms with Gasteiger partial charge in [-0.2, -0.15) is 5.10 Å². The molecule has 0 bridgehead atoms. The molecule has 1 aliphatic rings. The topological polar surface area (TPSA) is 99.9 Å². The lowest BCUT2D eigenvalue weighted by atomic mass is 10.1. The van der Waals surface area contributed by atoms with Crippen molar-refractivity contribution in [2.75, 3.05) is 7.11 Å². The molecule has 7 nitrogen and oxygen atoms in total. The Kier molecular flexibility index (Phi) is 3.62. The molecule has 0 spiro atoms. The third-order valence-electron chi connectivity index (χ3n) is 4.75. The van der Waals surface area contributed by atoms with Gasteiger partial charge in [-0.15, -0.1) is 0 Å². The minimum atomic E-state index is -3.61. The first kappa shape index (κ1) is 16.2. The number of hydrogen-bond donors (Lipinski definition) is 3. The SMILES string of the molecule is COc1ccc2[nH]c3c(c2c1)CC(NS(=O)(=O)c1c(C)n[nH]c1C)C3. The van der Waals surface area contributed by atoms with E-state index < -0.39 is 10.0 Å². The highest BCUT2D eigenvalue weighted by Crippen LogP contribution is 2.33. The highest BCUT2D eigenvalue weighted by molar-refractivity contribution is 7.89. The van der Waals surface area contributed by atoms with E-state index in [1.807, 2.05) is 18.2 Å². The van der Waals surface area contributed by atoms with Crippen LogP contribution in [0.1, 0.15) is 22.6 Å². The fourth-order valence-electron chi connectivity index (χ4n) is 3.68. The van der Waals surface area contributed by atoms with E-state index in [4.69, 9.17) is 4.74 Å². The Labute approximate surface area is 145 Å². The Morgan fingerprint density at radius 2 is 2.08 bits per heavy atom. The van der Waals surface area contributed by atoms with E-state index in [1.165, 1.54) is 0 Å². The number of aromatic amines is 2. The number of H-pyrrole nitrogens is 2. The highest BCUT2D eigenvalue weighted by atomic mass is 32.2. The molecule has 0 radical (unpaired) electrons. The van der Waals surface area contributed by atoms with Gasteiger partial charge in [0.2, 0.25) is 10.0 Å². The molecule has 0 aliphatic heterocycles. The van der Waals surface area contributed by atoms with Gasteiger partial charge in [-0.25, -0.2) is 13.1 Å². The normalized spacial score (nSPS) is 17.2. The molecular weight excluding hydrogens is 340 g/mol. The average molecular weight is 360 g/mol. The molecule has 1 atom stereocenters. The fourth-order valence-corrected chi connectivity index (χ4v) is 5.29. The van der Waals surface area contributed by atoms with E-state index in [9.17, 15) is 8.42 Å². The number of aromatic nitrogens is 3. The summed E-state index contributed by atoms with van der Waals surface area (Å²) in [6.45, 7) is 3.40. The molecular formula is C17H20N4O3S. The van der Waals surface area contributed by atoms with Crippen LogP contribution >= 0.6 is 0 Å². The number of ether oxygens (including phenoxy) is 1. The van der Waals surface area contributed by atoms with Gasteiger partial charge in [0.1, 0.15) is 10.6 Å². The summed E-state index contributed by atoms with van der Waals surface area (Å²) in [7, 11) is -1.97. The zero-order valence-corrected chi connectivity index (χ0v) is 15.1. The maximum atomic E-state index is 12.7. The summed E-state index contributed by atoms with van der Waals surface area (Å²) in [6.07, 6.45) is 1.29. The van der Waals surface area contributed by atoms with Crippen LogP contribution < -0.4 is 9.46 Å². The molecule has 3 aromatic rings. The fraction of sp³-hybridized carbons (Fsp3) is 0.353. The predicted molar refractivity (Wildman–Crippen MR) is 94.4 cm³/mol. The van der Waals surface area contributed by atoms with Gasteiger partial charge in [0, 0.05) is 29.1 Å². The molecule has 1 aliphatic carbocycles. The maximum Gasteiger partial charge on any atom is 0.244 e. The van der Waals surface area contributed by atoms with Gasteiger partial charge in [0.15, 0.2) is 0 Å². The van der Waals surface area contributed by atoms with Gasteiger partial charge in [-0.1, -0.05) is 0 Å². The van der Waals surface area contributed by atoms with Crippen LogP contribution in [-0.4, -0.2) is 36.8 Å². The Morgan fingerprint density at radius 3 is 2.76 bits per heavy atom. The molecule has 132 valence electrons. The van der Waals surface area contributed by atoms with Crippen molar-refractivity contribution in [3.8, 4) is 5.75 Å². The lowest BCUT2D eigenvalue weighted by molar-refractivity contribution is 0.415. The highest BCUT2D eigenvalue weighted by Gasteiger charge is 2.31. The minimum absolute atomic E-state index is 0.171. The predicted octanol–water partition coefficient (Wildman–Crippen LogP) is 1.96. The second-order valence-corrected chi connectivity index (χ2v) is 8.13. The van der Waals surface area contributed by atoms with Gasteiger partial charge in [-0.05, 0) is 44.0 Å². The van der Waals surface area contributed by atoms with E-state index in [0.29, 0.717) is 24.2 Å². The quantitative estimate of drug-likeness (QED) is 0.662. The Morgan fingerprint density at radius 1 is 1.28 bits per heavy atom. The van der Waals surface area contributed by atoms with Crippen LogP contribution in [0.4, 0.5) is 0 Å². The van der Waals surface area contributed by atoms with Crippen LogP contribution in [0.3, 0.4) is 0 Å². The third kappa shape index (κ3) is 2.61. The number of hydrogen-bond acceptors (Lipinski definition) is 4. The van der Waals surface area contributed by atoms with Gasteiger partial charge in [0.05, 0.1) is 18.5 Å². The number of nitrogens with zero attached hydrogens (tertiary/aromatic N) is 1. The van der Waals surface area contributed by atoms with Gasteiger partial charge in [-0.3, -0.25) is 5.10 Å². The van der Waals surface area contributed by atoms with Crippen molar-refractivity contribution in [2.45, 2.75) is 37.6 Å². The summed E-state index contributed by atoms with van der Waals surface area (Å²) < 4.78 is 33.6. The van der Waals surface area contributed by atoms with Crippen LogP contribution in [0.5, 0.6) is 5.75 Å². The lowest BCUT2D eigenvalue weighted by Gasteiger charge is -2.13. The number of benzene rings is 1. The standard InChI is InChI=1S/C17H20N4O3S/c1-9-17(10(2)20-19-9)25(22,23)21-11-6-13-14-8-12(24-3)4-5-15(14)18-16(13)7-11/h4-5,8,11,18,21H,6-7H2,1-3H3,(H,19,20). The smallest absolute Gasteiger partial charge is 0.244 e. The first-order valence-electron chi connectivity index (χ1n) is 8.10. The number of fused-ring (bicyclic) bond motifs is 3. The second-order valence-electron chi connectivity index (χ2n) is 6.48. The van der Waals surface area contributed by atoms with Crippen LogP contribution in [0.2, 0.25) is 0 Å². The number of rotatable bonds is 4. The molecule has 0 amide bonds. The van der Waals surface area contributed by atoms with Crippen molar-refractivity contribution in [1.82, 2.24) is 19.9 Å². The van der Waals surface area contributed by atoms with E-state index in [0.717, 1.165) is 27.9 Å². The van der Waals surface area contributed by atoms with E-state index in [2.05, 4.69) is 19.9 Å².